The standard InChI is InChI=1S/C12H14F3N3O/c13-9-2-1-3-10(19-11(14)15)8(9)6-17-12(16)18-7-4-5-7/h1-3,7,11H,4-6H2,(H3,16,17,18). The molecule has 0 bridgehead atoms. The highest BCUT2D eigenvalue weighted by atomic mass is 19.3. The minimum absolute atomic E-state index is 0.0386. The first-order valence-corrected chi connectivity index (χ1v) is 5.85. The van der Waals surface area contributed by atoms with Crippen LogP contribution in [0.1, 0.15) is 18.4 Å². The number of aliphatic imine (C=N–C) groups is 1. The zero-order valence-electron chi connectivity index (χ0n) is 10.1. The molecule has 1 aromatic carbocycles. The third-order valence-corrected chi connectivity index (χ3v) is 2.63. The lowest BCUT2D eigenvalue weighted by atomic mass is 10.2. The van der Waals surface area contributed by atoms with E-state index in [4.69, 9.17) is 5.73 Å². The summed E-state index contributed by atoms with van der Waals surface area (Å²) in [5.74, 6) is -0.701. The van der Waals surface area contributed by atoms with Crippen LogP contribution in [0.15, 0.2) is 23.2 Å². The molecule has 3 N–H and O–H groups in total. The van der Waals surface area contributed by atoms with Gasteiger partial charge in [-0.1, -0.05) is 6.07 Å². The topological polar surface area (TPSA) is 59.6 Å². The minimum Gasteiger partial charge on any atom is -0.434 e. The summed E-state index contributed by atoms with van der Waals surface area (Å²) in [5.41, 5.74) is 5.55. The maximum absolute atomic E-state index is 13.6. The van der Waals surface area contributed by atoms with Crippen molar-refractivity contribution >= 4 is 5.96 Å². The number of benzene rings is 1. The molecule has 0 heterocycles. The summed E-state index contributed by atoms with van der Waals surface area (Å²) in [4.78, 5) is 3.92. The SMILES string of the molecule is NC(=NCc1c(F)cccc1OC(F)F)NC1CC1. The Labute approximate surface area is 108 Å². The van der Waals surface area contributed by atoms with Crippen molar-refractivity contribution < 1.29 is 17.9 Å². The van der Waals surface area contributed by atoms with Crippen molar-refractivity contribution in [2.45, 2.75) is 32.0 Å². The van der Waals surface area contributed by atoms with Gasteiger partial charge in [0.15, 0.2) is 5.96 Å². The number of guanidine groups is 1. The number of hydrogen-bond acceptors (Lipinski definition) is 2. The van der Waals surface area contributed by atoms with Gasteiger partial charge in [-0.15, -0.1) is 0 Å². The number of rotatable bonds is 5. The molecule has 1 aromatic rings. The molecular weight excluding hydrogens is 259 g/mol. The van der Waals surface area contributed by atoms with E-state index < -0.39 is 12.4 Å². The Bertz CT molecular complexity index is 475. The third kappa shape index (κ3) is 4.04. The Balaban J connectivity index is 2.08. The smallest absolute Gasteiger partial charge is 0.387 e. The fraction of sp³-hybridized carbons (Fsp3) is 0.417. The molecule has 1 aliphatic rings. The third-order valence-electron chi connectivity index (χ3n) is 2.63. The van der Waals surface area contributed by atoms with Crippen molar-refractivity contribution in [2.24, 2.45) is 10.7 Å². The fourth-order valence-electron chi connectivity index (χ4n) is 1.55. The van der Waals surface area contributed by atoms with Crippen LogP contribution in [0, 0.1) is 5.82 Å². The van der Waals surface area contributed by atoms with Crippen LogP contribution < -0.4 is 15.8 Å². The number of nitrogens with one attached hydrogen (secondary N) is 1. The quantitative estimate of drug-likeness (QED) is 0.637. The molecule has 0 aromatic heterocycles. The Morgan fingerprint density at radius 2 is 2.21 bits per heavy atom. The molecule has 4 nitrogen and oxygen atoms in total. The van der Waals surface area contributed by atoms with E-state index >= 15 is 0 Å². The van der Waals surface area contributed by atoms with Crippen molar-refractivity contribution in [2.75, 3.05) is 0 Å². The molecule has 1 aliphatic carbocycles. The first-order chi connectivity index (χ1) is 9.06. The van der Waals surface area contributed by atoms with Gasteiger partial charge >= 0.3 is 6.61 Å². The van der Waals surface area contributed by atoms with Crippen LogP contribution in [0.5, 0.6) is 5.75 Å². The molecule has 0 spiro atoms. The fourth-order valence-corrected chi connectivity index (χ4v) is 1.55. The molecule has 0 atom stereocenters. The highest BCUT2D eigenvalue weighted by Gasteiger charge is 2.21. The zero-order chi connectivity index (χ0) is 13.8. The lowest BCUT2D eigenvalue weighted by molar-refractivity contribution is -0.0506. The van der Waals surface area contributed by atoms with Crippen LogP contribution in [0.2, 0.25) is 0 Å². The highest BCUT2D eigenvalue weighted by Crippen LogP contribution is 2.24. The summed E-state index contributed by atoms with van der Waals surface area (Å²) in [6, 6.07) is 4.05. The average Bonchev–Trinajstić information content (AvgIpc) is 3.11. The zero-order valence-corrected chi connectivity index (χ0v) is 10.1. The summed E-state index contributed by atoms with van der Waals surface area (Å²) >= 11 is 0. The largest absolute Gasteiger partial charge is 0.434 e. The minimum atomic E-state index is -3.01. The first-order valence-electron chi connectivity index (χ1n) is 5.85. The van der Waals surface area contributed by atoms with Gasteiger partial charge < -0.3 is 15.8 Å². The molecule has 0 radical (unpaired) electrons. The monoisotopic (exact) mass is 273 g/mol. The molecule has 1 saturated carbocycles. The second kappa shape index (κ2) is 5.81. The highest BCUT2D eigenvalue weighted by molar-refractivity contribution is 5.78. The number of hydrogen-bond donors (Lipinski definition) is 2. The molecule has 19 heavy (non-hydrogen) atoms. The maximum Gasteiger partial charge on any atom is 0.387 e. The van der Waals surface area contributed by atoms with Crippen molar-refractivity contribution in [3.63, 3.8) is 0 Å². The summed E-state index contributed by atoms with van der Waals surface area (Å²) in [5, 5.41) is 2.92. The van der Waals surface area contributed by atoms with E-state index in [1.54, 1.807) is 0 Å². The van der Waals surface area contributed by atoms with E-state index in [9.17, 15) is 13.2 Å². The number of nitrogens with zero attached hydrogens (tertiary/aromatic N) is 1. The van der Waals surface area contributed by atoms with Gasteiger partial charge in [0.2, 0.25) is 0 Å². The second-order valence-corrected chi connectivity index (χ2v) is 4.22. The van der Waals surface area contributed by atoms with Gasteiger partial charge in [0.25, 0.3) is 0 Å². The van der Waals surface area contributed by atoms with Crippen LogP contribution in [-0.2, 0) is 6.54 Å². The second-order valence-electron chi connectivity index (χ2n) is 4.22. The van der Waals surface area contributed by atoms with Crippen LogP contribution in [-0.4, -0.2) is 18.6 Å². The molecule has 2 rings (SSSR count). The Hall–Kier alpha value is -1.92. The van der Waals surface area contributed by atoms with Gasteiger partial charge in [-0.2, -0.15) is 8.78 Å². The summed E-state index contributed by atoms with van der Waals surface area (Å²) in [6.45, 7) is -3.16. The summed E-state index contributed by atoms with van der Waals surface area (Å²) < 4.78 is 42.2. The molecule has 0 amide bonds. The van der Waals surface area contributed by atoms with Crippen molar-refractivity contribution in [1.82, 2.24) is 5.32 Å². The van der Waals surface area contributed by atoms with Gasteiger partial charge in [0, 0.05) is 6.04 Å². The van der Waals surface area contributed by atoms with Gasteiger partial charge in [-0.05, 0) is 25.0 Å². The van der Waals surface area contributed by atoms with Crippen LogP contribution in [0.3, 0.4) is 0 Å². The van der Waals surface area contributed by atoms with Gasteiger partial charge in [-0.25, -0.2) is 9.38 Å². The van der Waals surface area contributed by atoms with E-state index in [0.29, 0.717) is 6.04 Å². The Morgan fingerprint density at radius 3 is 2.84 bits per heavy atom. The van der Waals surface area contributed by atoms with Gasteiger partial charge in [-0.3, -0.25) is 0 Å². The summed E-state index contributed by atoms with van der Waals surface area (Å²) in [6.07, 6.45) is 2.05. The Kier molecular flexibility index (Phi) is 4.13. The van der Waals surface area contributed by atoms with Crippen molar-refractivity contribution in [3.8, 4) is 5.75 Å². The molecule has 0 saturated heterocycles. The first kappa shape index (κ1) is 13.5. The molecular formula is C12H14F3N3O. The van der Waals surface area contributed by atoms with Crippen molar-refractivity contribution in [1.29, 1.82) is 0 Å². The number of ether oxygens (including phenoxy) is 1. The normalized spacial score (nSPS) is 15.7. The molecule has 7 heteroatoms. The van der Waals surface area contributed by atoms with E-state index in [2.05, 4.69) is 15.0 Å². The summed E-state index contributed by atoms with van der Waals surface area (Å²) in [7, 11) is 0. The lowest BCUT2D eigenvalue weighted by Crippen LogP contribution is -2.33. The maximum atomic E-state index is 13.6. The molecule has 0 unspecified atom stereocenters. The number of alkyl halides is 2. The van der Waals surface area contributed by atoms with Gasteiger partial charge in [0.05, 0.1) is 12.1 Å². The number of halogens is 3. The van der Waals surface area contributed by atoms with Crippen LogP contribution in [0.25, 0.3) is 0 Å². The van der Waals surface area contributed by atoms with Crippen molar-refractivity contribution in [3.05, 3.63) is 29.6 Å². The van der Waals surface area contributed by atoms with Crippen LogP contribution in [0.4, 0.5) is 13.2 Å². The predicted molar refractivity (Wildman–Crippen MR) is 64.5 cm³/mol. The lowest BCUT2D eigenvalue weighted by Gasteiger charge is -2.10. The predicted octanol–water partition coefficient (Wildman–Crippen LogP) is 1.99. The van der Waals surface area contributed by atoms with E-state index in [0.717, 1.165) is 18.9 Å². The molecule has 104 valence electrons. The molecule has 1 fully saturated rings. The number of nitrogens with two attached hydrogens (primary N) is 1. The van der Waals surface area contributed by atoms with E-state index in [1.165, 1.54) is 12.1 Å². The molecule has 0 aliphatic heterocycles. The Morgan fingerprint density at radius 1 is 1.47 bits per heavy atom. The van der Waals surface area contributed by atoms with Crippen LogP contribution >= 0.6 is 0 Å². The van der Waals surface area contributed by atoms with E-state index in [1.807, 2.05) is 0 Å². The van der Waals surface area contributed by atoms with Gasteiger partial charge in [0.1, 0.15) is 11.6 Å². The van der Waals surface area contributed by atoms with E-state index in [-0.39, 0.29) is 23.8 Å². The average molecular weight is 273 g/mol.